The van der Waals surface area contributed by atoms with Crippen LogP contribution in [0.25, 0.3) is 0 Å². The molecule has 0 spiro atoms. The molecule has 0 amide bonds. The van der Waals surface area contributed by atoms with Crippen LogP contribution in [0.3, 0.4) is 0 Å². The van der Waals surface area contributed by atoms with Gasteiger partial charge in [-0.3, -0.25) is 0 Å². The van der Waals surface area contributed by atoms with E-state index in [1.54, 1.807) is 18.9 Å². The highest BCUT2D eigenvalue weighted by Crippen LogP contribution is 2.29. The van der Waals surface area contributed by atoms with Crippen molar-refractivity contribution in [2.24, 2.45) is 5.92 Å². The Morgan fingerprint density at radius 2 is 1.69 bits per heavy atom. The Hall–Kier alpha value is -2.18. The van der Waals surface area contributed by atoms with Gasteiger partial charge in [0.1, 0.15) is 11.5 Å². The molecule has 7 heteroatoms. The molecule has 1 aromatic heterocycles. The highest BCUT2D eigenvalue weighted by molar-refractivity contribution is 7.98. The second kappa shape index (κ2) is 10.0. The van der Waals surface area contributed by atoms with Gasteiger partial charge in [-0.1, -0.05) is 55.4 Å². The Morgan fingerprint density at radius 3 is 2.34 bits per heavy atom. The molecule has 0 saturated heterocycles. The van der Waals surface area contributed by atoms with E-state index in [2.05, 4.69) is 28.6 Å². The van der Waals surface area contributed by atoms with Gasteiger partial charge >= 0.3 is 0 Å². The van der Waals surface area contributed by atoms with E-state index >= 15 is 0 Å². The number of rotatable bonds is 9. The van der Waals surface area contributed by atoms with Crippen molar-refractivity contribution in [2.75, 3.05) is 7.11 Å². The molecule has 0 aliphatic rings. The maximum atomic E-state index is 6.30. The summed E-state index contributed by atoms with van der Waals surface area (Å²) in [4.78, 5) is 0. The monoisotopic (exact) mass is 431 g/mol. The third-order valence-corrected chi connectivity index (χ3v) is 5.73. The lowest BCUT2D eigenvalue weighted by molar-refractivity contribution is 0.207. The molecule has 0 fully saturated rings. The molecule has 3 rings (SSSR count). The second-order valence-corrected chi connectivity index (χ2v) is 8.51. The minimum atomic E-state index is -0.232. The van der Waals surface area contributed by atoms with E-state index in [9.17, 15) is 0 Å². The maximum Gasteiger partial charge on any atom is 0.191 e. The molecule has 1 atom stereocenters. The van der Waals surface area contributed by atoms with Gasteiger partial charge in [0.25, 0.3) is 0 Å². The molecule has 1 heterocycles. The first kappa shape index (κ1) is 21.5. The van der Waals surface area contributed by atoms with Crippen molar-refractivity contribution in [1.82, 2.24) is 14.8 Å². The van der Waals surface area contributed by atoms with E-state index in [-0.39, 0.29) is 6.10 Å². The highest BCUT2D eigenvalue weighted by Gasteiger charge is 2.20. The van der Waals surface area contributed by atoms with Crippen molar-refractivity contribution in [3.8, 4) is 11.5 Å². The molecule has 3 aromatic rings. The lowest BCUT2D eigenvalue weighted by atomic mass is 10.2. The Balaban J connectivity index is 1.77. The van der Waals surface area contributed by atoms with Crippen LogP contribution in [0.2, 0.25) is 5.02 Å². The van der Waals surface area contributed by atoms with Crippen molar-refractivity contribution in [3.63, 3.8) is 0 Å². The zero-order valence-corrected chi connectivity index (χ0v) is 18.7. The van der Waals surface area contributed by atoms with E-state index < -0.39 is 0 Å². The lowest BCUT2D eigenvalue weighted by Gasteiger charge is -2.18. The van der Waals surface area contributed by atoms with E-state index in [0.717, 1.165) is 45.4 Å². The number of methoxy groups -OCH3 is 1. The fourth-order valence-corrected chi connectivity index (χ4v) is 4.15. The largest absolute Gasteiger partial charge is 0.497 e. The van der Waals surface area contributed by atoms with Crippen LogP contribution in [0, 0.1) is 5.92 Å². The normalized spacial score (nSPS) is 12.2. The smallest absolute Gasteiger partial charge is 0.191 e. The molecule has 0 aliphatic heterocycles. The van der Waals surface area contributed by atoms with Crippen LogP contribution in [0.1, 0.15) is 38.3 Å². The molecule has 5 nitrogen and oxygen atoms in total. The average molecular weight is 432 g/mol. The SMILES string of the molecule is COc1ccc(OC(C)c2nnc(SCc3ccccc3Cl)n2CC(C)C)cc1. The van der Waals surface area contributed by atoms with Gasteiger partial charge in [-0.2, -0.15) is 0 Å². The number of halogens is 1. The van der Waals surface area contributed by atoms with E-state index in [1.165, 1.54) is 0 Å². The van der Waals surface area contributed by atoms with Gasteiger partial charge in [0.05, 0.1) is 7.11 Å². The summed E-state index contributed by atoms with van der Waals surface area (Å²) < 4.78 is 13.5. The standard InChI is InChI=1S/C22H26ClN3O2S/c1-15(2)13-26-21(16(3)28-19-11-9-18(27-4)10-12-19)24-25-22(26)29-14-17-7-5-6-8-20(17)23/h5-12,15-16H,13-14H2,1-4H3. The molecule has 0 radical (unpaired) electrons. The Labute approximate surface area is 181 Å². The van der Waals surface area contributed by atoms with Crippen LogP contribution >= 0.6 is 23.4 Å². The number of thioether (sulfide) groups is 1. The minimum Gasteiger partial charge on any atom is -0.497 e. The Morgan fingerprint density at radius 1 is 1.00 bits per heavy atom. The third-order valence-electron chi connectivity index (χ3n) is 4.34. The van der Waals surface area contributed by atoms with Crippen molar-refractivity contribution in [2.45, 2.75) is 44.3 Å². The van der Waals surface area contributed by atoms with Gasteiger partial charge in [-0.15, -0.1) is 10.2 Å². The topological polar surface area (TPSA) is 49.2 Å². The van der Waals surface area contributed by atoms with E-state index in [0.29, 0.717) is 5.92 Å². The summed E-state index contributed by atoms with van der Waals surface area (Å²) in [7, 11) is 1.65. The number of aromatic nitrogens is 3. The molecule has 1 unspecified atom stereocenters. The predicted molar refractivity (Wildman–Crippen MR) is 118 cm³/mol. The number of ether oxygens (including phenoxy) is 2. The zero-order valence-electron chi connectivity index (χ0n) is 17.1. The predicted octanol–water partition coefficient (Wildman–Crippen LogP) is 6.03. The summed E-state index contributed by atoms with van der Waals surface area (Å²) in [6, 6.07) is 15.4. The summed E-state index contributed by atoms with van der Waals surface area (Å²) in [5.41, 5.74) is 1.09. The first-order valence-corrected chi connectivity index (χ1v) is 10.9. The summed E-state index contributed by atoms with van der Waals surface area (Å²) in [6.07, 6.45) is -0.232. The zero-order chi connectivity index (χ0) is 20.8. The number of benzene rings is 2. The van der Waals surface area contributed by atoms with E-state index in [1.807, 2.05) is 55.5 Å². The van der Waals surface area contributed by atoms with Crippen molar-refractivity contribution >= 4 is 23.4 Å². The Bertz CT molecular complexity index is 928. The molecule has 0 saturated carbocycles. The Kier molecular flexibility index (Phi) is 7.45. The number of hydrogen-bond donors (Lipinski definition) is 0. The molecule has 0 N–H and O–H groups in total. The summed E-state index contributed by atoms with van der Waals surface area (Å²) in [5.74, 6) is 3.58. The van der Waals surface area contributed by atoms with Gasteiger partial charge in [0, 0.05) is 17.3 Å². The fraction of sp³-hybridized carbons (Fsp3) is 0.364. The molecule has 154 valence electrons. The van der Waals surface area contributed by atoms with Crippen LogP contribution in [-0.4, -0.2) is 21.9 Å². The molecule has 0 aliphatic carbocycles. The van der Waals surface area contributed by atoms with Gasteiger partial charge in [0.2, 0.25) is 0 Å². The van der Waals surface area contributed by atoms with Gasteiger partial charge in [0.15, 0.2) is 17.1 Å². The summed E-state index contributed by atoms with van der Waals surface area (Å²) >= 11 is 7.94. The molecule has 29 heavy (non-hydrogen) atoms. The fourth-order valence-electron chi connectivity index (χ4n) is 2.91. The average Bonchev–Trinajstić information content (AvgIpc) is 3.10. The molecule has 0 bridgehead atoms. The van der Waals surface area contributed by atoms with Crippen molar-refractivity contribution < 1.29 is 9.47 Å². The highest BCUT2D eigenvalue weighted by atomic mass is 35.5. The second-order valence-electron chi connectivity index (χ2n) is 7.16. The molecular formula is C22H26ClN3O2S. The van der Waals surface area contributed by atoms with Crippen LogP contribution in [-0.2, 0) is 12.3 Å². The molecule has 2 aromatic carbocycles. The van der Waals surface area contributed by atoms with Crippen LogP contribution in [0.15, 0.2) is 53.7 Å². The van der Waals surface area contributed by atoms with Gasteiger partial charge in [-0.05, 0) is 48.7 Å². The lowest BCUT2D eigenvalue weighted by Crippen LogP contribution is -2.15. The van der Waals surface area contributed by atoms with Crippen LogP contribution in [0.4, 0.5) is 0 Å². The van der Waals surface area contributed by atoms with E-state index in [4.69, 9.17) is 21.1 Å². The van der Waals surface area contributed by atoms with Crippen molar-refractivity contribution in [3.05, 3.63) is 64.9 Å². The number of hydrogen-bond acceptors (Lipinski definition) is 5. The van der Waals surface area contributed by atoms with Crippen LogP contribution < -0.4 is 9.47 Å². The maximum absolute atomic E-state index is 6.30. The summed E-state index contributed by atoms with van der Waals surface area (Å²) in [5, 5.41) is 10.5. The van der Waals surface area contributed by atoms with Gasteiger partial charge in [-0.25, -0.2) is 0 Å². The third kappa shape index (κ3) is 5.67. The van der Waals surface area contributed by atoms with Crippen molar-refractivity contribution in [1.29, 1.82) is 0 Å². The quantitative estimate of drug-likeness (QED) is 0.387. The first-order chi connectivity index (χ1) is 14.0. The summed E-state index contributed by atoms with van der Waals surface area (Å²) in [6.45, 7) is 7.18. The first-order valence-electron chi connectivity index (χ1n) is 9.58. The number of nitrogens with zero attached hydrogens (tertiary/aromatic N) is 3. The van der Waals surface area contributed by atoms with Crippen LogP contribution in [0.5, 0.6) is 11.5 Å². The molecular weight excluding hydrogens is 406 g/mol. The van der Waals surface area contributed by atoms with Gasteiger partial charge < -0.3 is 14.0 Å². The minimum absolute atomic E-state index is 0.232.